The number of carbonyl (C=O) groups excluding carboxylic acids is 1. The number of hydrogen-bond donors (Lipinski definition) is 4. The summed E-state index contributed by atoms with van der Waals surface area (Å²) in [7, 11) is 0. The molecular formula is C12H23NO8. The van der Waals surface area contributed by atoms with E-state index in [-0.39, 0.29) is 12.0 Å². The van der Waals surface area contributed by atoms with Crippen LogP contribution in [-0.2, 0) is 19.1 Å². The number of hydrogen-bond acceptors (Lipinski definition) is 5. The molecule has 0 aromatic heterocycles. The van der Waals surface area contributed by atoms with Gasteiger partial charge in [0.25, 0.3) is 5.97 Å². The van der Waals surface area contributed by atoms with Crippen molar-refractivity contribution >= 4 is 24.0 Å². The molecule has 0 radical (unpaired) electrons. The number of aliphatic carboxylic acids is 3. The van der Waals surface area contributed by atoms with E-state index in [4.69, 9.17) is 20.1 Å². The van der Waals surface area contributed by atoms with Crippen molar-refractivity contribution in [3.8, 4) is 0 Å². The topological polar surface area (TPSA) is 164 Å². The van der Waals surface area contributed by atoms with E-state index in [0.717, 1.165) is 6.92 Å². The lowest BCUT2D eigenvalue weighted by atomic mass is 10.4. The molecule has 0 aromatic rings. The molecule has 0 fully saturated rings. The largest absolute Gasteiger partial charge is 0.481 e. The van der Waals surface area contributed by atoms with Crippen molar-refractivity contribution in [3.05, 3.63) is 12.2 Å². The lowest BCUT2D eigenvalue weighted by Gasteiger charge is -1.89. The van der Waals surface area contributed by atoms with Gasteiger partial charge in [-0.05, 0) is 13.8 Å². The van der Waals surface area contributed by atoms with Crippen LogP contribution in [0.3, 0.4) is 0 Å². The molecule has 9 heteroatoms. The maximum atomic E-state index is 9.60. The quantitative estimate of drug-likeness (QED) is 0.566. The zero-order chi connectivity index (χ0) is 18.0. The standard InChI is InChI=1S/C4H6O2.C3H7NO2.C3H6O2.C2H4O2/c1-3(2)4(5)6;1-2-6-3(4)5;1-2-3(4)5;1-2(3)4/h1H2,2H3,(H,5,6);2H2,1H3,(H2,4,5);2H2,1H3,(H,4,5);1H3,(H,3,4). The Morgan fingerprint density at radius 2 is 1.29 bits per heavy atom. The third kappa shape index (κ3) is 100. The molecule has 0 saturated carbocycles. The highest BCUT2D eigenvalue weighted by atomic mass is 16.5. The highest BCUT2D eigenvalue weighted by Crippen LogP contribution is 1.81. The summed E-state index contributed by atoms with van der Waals surface area (Å²) in [5, 5.41) is 23.0. The van der Waals surface area contributed by atoms with Crippen molar-refractivity contribution in [2.24, 2.45) is 5.73 Å². The van der Waals surface area contributed by atoms with Crippen LogP contribution in [0, 0.1) is 0 Å². The minimum Gasteiger partial charge on any atom is -0.481 e. The summed E-state index contributed by atoms with van der Waals surface area (Å²) in [4.78, 5) is 37.6. The molecule has 9 nitrogen and oxygen atoms in total. The smallest absolute Gasteiger partial charge is 0.404 e. The van der Waals surface area contributed by atoms with Crippen molar-refractivity contribution in [1.82, 2.24) is 0 Å². The van der Waals surface area contributed by atoms with Crippen molar-refractivity contribution in [2.45, 2.75) is 34.1 Å². The highest BCUT2D eigenvalue weighted by molar-refractivity contribution is 5.84. The summed E-state index contributed by atoms with van der Waals surface area (Å²) in [5.74, 6) is -2.51. The van der Waals surface area contributed by atoms with Crippen molar-refractivity contribution in [1.29, 1.82) is 0 Å². The third-order valence-corrected chi connectivity index (χ3v) is 0.954. The van der Waals surface area contributed by atoms with Gasteiger partial charge >= 0.3 is 18.0 Å². The van der Waals surface area contributed by atoms with Gasteiger partial charge in [-0.1, -0.05) is 13.5 Å². The van der Waals surface area contributed by atoms with Gasteiger partial charge in [-0.25, -0.2) is 9.59 Å². The average Bonchev–Trinajstić information content (AvgIpc) is 2.29. The minimum absolute atomic E-state index is 0.176. The fourth-order valence-electron chi connectivity index (χ4n) is 0.142. The van der Waals surface area contributed by atoms with Crippen molar-refractivity contribution in [3.63, 3.8) is 0 Å². The molecule has 0 aliphatic rings. The summed E-state index contributed by atoms with van der Waals surface area (Å²) in [6, 6.07) is 0. The Kier molecular flexibility index (Phi) is 25.3. The Morgan fingerprint density at radius 3 is 1.29 bits per heavy atom. The van der Waals surface area contributed by atoms with Gasteiger partial charge in [-0.2, -0.15) is 0 Å². The maximum absolute atomic E-state index is 9.60. The normalized spacial score (nSPS) is 7.24. The van der Waals surface area contributed by atoms with Gasteiger partial charge in [0.1, 0.15) is 0 Å². The summed E-state index contributed by atoms with van der Waals surface area (Å²) < 4.78 is 4.18. The van der Waals surface area contributed by atoms with Crippen LogP contribution in [0.25, 0.3) is 0 Å². The Balaban J connectivity index is -0.0000000929. The second kappa shape index (κ2) is 19.8. The Labute approximate surface area is 123 Å². The summed E-state index contributed by atoms with van der Waals surface area (Å²) in [6.07, 6.45) is -0.488. The molecule has 124 valence electrons. The van der Waals surface area contributed by atoms with Gasteiger partial charge in [0, 0.05) is 18.9 Å². The molecule has 21 heavy (non-hydrogen) atoms. The minimum atomic E-state index is -0.935. The first-order chi connectivity index (χ1) is 9.41. The number of carboxylic acids is 3. The monoisotopic (exact) mass is 309 g/mol. The molecule has 0 rings (SSSR count). The number of carboxylic acid groups (broad SMARTS) is 3. The number of nitrogens with two attached hydrogens (primary N) is 1. The average molecular weight is 309 g/mol. The Morgan fingerprint density at radius 1 is 1.05 bits per heavy atom. The molecule has 0 aromatic carbocycles. The van der Waals surface area contributed by atoms with Crippen LogP contribution >= 0.6 is 0 Å². The van der Waals surface area contributed by atoms with Crippen LogP contribution in [0.2, 0.25) is 0 Å². The van der Waals surface area contributed by atoms with Crippen LogP contribution in [0.4, 0.5) is 4.79 Å². The molecule has 0 aliphatic carbocycles. The van der Waals surface area contributed by atoms with E-state index in [1.807, 2.05) is 0 Å². The predicted molar refractivity (Wildman–Crippen MR) is 74.9 cm³/mol. The molecule has 0 bridgehead atoms. The van der Waals surface area contributed by atoms with Gasteiger partial charge in [-0.15, -0.1) is 0 Å². The number of ether oxygens (including phenoxy) is 1. The van der Waals surface area contributed by atoms with Gasteiger partial charge in [0.2, 0.25) is 0 Å². The summed E-state index contributed by atoms with van der Waals surface area (Å²) in [6.45, 7) is 9.34. The van der Waals surface area contributed by atoms with Crippen LogP contribution in [0.1, 0.15) is 34.1 Å². The second-order valence-corrected chi connectivity index (χ2v) is 3.10. The van der Waals surface area contributed by atoms with Crippen LogP contribution in [0.15, 0.2) is 12.2 Å². The molecule has 0 aliphatic heterocycles. The molecule has 0 unspecified atom stereocenters. The molecule has 0 saturated heterocycles. The van der Waals surface area contributed by atoms with E-state index in [9.17, 15) is 14.4 Å². The van der Waals surface area contributed by atoms with Crippen molar-refractivity contribution < 1.29 is 39.2 Å². The molecule has 0 spiro atoms. The van der Waals surface area contributed by atoms with E-state index in [2.05, 4.69) is 17.0 Å². The summed E-state index contributed by atoms with van der Waals surface area (Å²) in [5.41, 5.74) is 4.72. The van der Waals surface area contributed by atoms with Gasteiger partial charge in [-0.3, -0.25) is 9.59 Å². The van der Waals surface area contributed by atoms with Crippen LogP contribution in [-0.4, -0.2) is 45.9 Å². The van der Waals surface area contributed by atoms with Crippen molar-refractivity contribution in [2.75, 3.05) is 6.61 Å². The first-order valence-corrected chi connectivity index (χ1v) is 5.64. The fraction of sp³-hybridized carbons (Fsp3) is 0.500. The Hall–Kier alpha value is -2.58. The fourth-order valence-corrected chi connectivity index (χ4v) is 0.142. The predicted octanol–water partition coefficient (Wildman–Crippen LogP) is 1.32. The van der Waals surface area contributed by atoms with Crippen LogP contribution < -0.4 is 5.73 Å². The SMILES string of the molecule is C=C(C)C(=O)O.CC(=O)O.CCC(=O)O.CCOC(N)=O. The van der Waals surface area contributed by atoms with E-state index in [1.165, 1.54) is 6.92 Å². The third-order valence-electron chi connectivity index (χ3n) is 0.954. The number of amides is 1. The maximum Gasteiger partial charge on any atom is 0.404 e. The molecule has 0 atom stereocenters. The van der Waals surface area contributed by atoms with E-state index < -0.39 is 24.0 Å². The van der Waals surface area contributed by atoms with Gasteiger partial charge < -0.3 is 25.8 Å². The van der Waals surface area contributed by atoms with E-state index in [0.29, 0.717) is 6.61 Å². The molecule has 0 heterocycles. The second-order valence-electron chi connectivity index (χ2n) is 3.10. The summed E-state index contributed by atoms with van der Waals surface area (Å²) >= 11 is 0. The van der Waals surface area contributed by atoms with Gasteiger partial charge in [0.05, 0.1) is 6.61 Å². The highest BCUT2D eigenvalue weighted by Gasteiger charge is 1.90. The first-order valence-electron chi connectivity index (χ1n) is 5.64. The lowest BCUT2D eigenvalue weighted by molar-refractivity contribution is -0.137. The number of rotatable bonds is 3. The van der Waals surface area contributed by atoms with E-state index >= 15 is 0 Å². The zero-order valence-electron chi connectivity index (χ0n) is 12.6. The zero-order valence-corrected chi connectivity index (χ0v) is 12.6. The van der Waals surface area contributed by atoms with Crippen LogP contribution in [0.5, 0.6) is 0 Å². The first kappa shape index (κ1) is 26.9. The lowest BCUT2D eigenvalue weighted by Crippen LogP contribution is -2.11. The van der Waals surface area contributed by atoms with Gasteiger partial charge in [0.15, 0.2) is 0 Å². The molecular weight excluding hydrogens is 286 g/mol. The number of primary amides is 1. The van der Waals surface area contributed by atoms with E-state index in [1.54, 1.807) is 13.8 Å². The Bertz CT molecular complexity index is 322. The molecule has 1 amide bonds. The molecule has 5 N–H and O–H groups in total. The number of carbonyl (C=O) groups is 4.